The van der Waals surface area contributed by atoms with E-state index in [1.165, 1.54) is 23.5 Å². The van der Waals surface area contributed by atoms with E-state index in [9.17, 15) is 13.2 Å². The topological polar surface area (TPSA) is 81.7 Å². The molecule has 2 heterocycles. The summed E-state index contributed by atoms with van der Waals surface area (Å²) in [5.41, 5.74) is 0. The van der Waals surface area contributed by atoms with Crippen LogP contribution in [-0.4, -0.2) is 33.5 Å². The Kier molecular flexibility index (Phi) is 5.51. The van der Waals surface area contributed by atoms with E-state index in [1.807, 2.05) is 0 Å². The van der Waals surface area contributed by atoms with Crippen LogP contribution in [0.2, 0.25) is 0 Å². The number of carbonyl (C=O) groups is 1. The molecule has 6 nitrogen and oxygen atoms in total. The maximum atomic E-state index is 13.1. The number of rotatable bonds is 7. The van der Waals surface area contributed by atoms with Gasteiger partial charge < -0.3 is 14.8 Å². The van der Waals surface area contributed by atoms with Gasteiger partial charge in [0.25, 0.3) is 0 Å². The maximum Gasteiger partial charge on any atom is 0.231 e. The zero-order chi connectivity index (χ0) is 17.9. The standard InChI is InChI=1S/C16H16ClNO5S2/c17-6-5-16(19)18-9-15(14-2-1-7-24-14)25(20,21)11-3-4-12-13(8-11)23-10-22-12/h1-4,7-8,15H,5-6,9-10H2,(H,18,19)/t15-/m1/s1. The molecule has 1 aromatic carbocycles. The van der Waals surface area contributed by atoms with Gasteiger partial charge in [0, 0.05) is 29.8 Å². The minimum absolute atomic E-state index is 0.0208. The van der Waals surface area contributed by atoms with E-state index in [2.05, 4.69) is 5.32 Å². The summed E-state index contributed by atoms with van der Waals surface area (Å²) < 4.78 is 36.8. The Bertz CT molecular complexity index is 851. The van der Waals surface area contributed by atoms with Crippen LogP contribution in [0.3, 0.4) is 0 Å². The molecule has 0 fully saturated rings. The van der Waals surface area contributed by atoms with Crippen LogP contribution in [-0.2, 0) is 14.6 Å². The van der Waals surface area contributed by atoms with Crippen LogP contribution >= 0.6 is 22.9 Å². The number of alkyl halides is 1. The van der Waals surface area contributed by atoms with E-state index in [0.29, 0.717) is 16.4 Å². The lowest BCUT2D eigenvalue weighted by Crippen LogP contribution is -2.31. The maximum absolute atomic E-state index is 13.1. The van der Waals surface area contributed by atoms with Crippen molar-refractivity contribution in [3.05, 3.63) is 40.6 Å². The third kappa shape index (κ3) is 3.91. The van der Waals surface area contributed by atoms with E-state index in [0.717, 1.165) is 0 Å². The number of sulfone groups is 1. The van der Waals surface area contributed by atoms with E-state index in [4.69, 9.17) is 21.1 Å². The van der Waals surface area contributed by atoms with Crippen molar-refractivity contribution in [1.29, 1.82) is 0 Å². The Morgan fingerprint density at radius 1 is 1.28 bits per heavy atom. The predicted molar refractivity (Wildman–Crippen MR) is 95.2 cm³/mol. The fourth-order valence-electron chi connectivity index (χ4n) is 2.44. The minimum Gasteiger partial charge on any atom is -0.454 e. The summed E-state index contributed by atoms with van der Waals surface area (Å²) in [5, 5.41) is 3.57. The van der Waals surface area contributed by atoms with E-state index in [1.54, 1.807) is 23.6 Å². The number of amides is 1. The van der Waals surface area contributed by atoms with Gasteiger partial charge in [-0.2, -0.15) is 0 Å². The Labute approximate surface area is 154 Å². The molecule has 25 heavy (non-hydrogen) atoms. The molecule has 1 aliphatic rings. The number of thiophene rings is 1. The van der Waals surface area contributed by atoms with Crippen molar-refractivity contribution in [3.63, 3.8) is 0 Å². The SMILES string of the molecule is O=C(CCCl)NC[C@H](c1cccs1)S(=O)(=O)c1ccc2c(c1)OCO2. The first-order valence-corrected chi connectivity index (χ1v) is 10.5. The van der Waals surface area contributed by atoms with Gasteiger partial charge in [0.1, 0.15) is 5.25 Å². The van der Waals surface area contributed by atoms with Crippen LogP contribution in [0, 0.1) is 0 Å². The largest absolute Gasteiger partial charge is 0.454 e. The molecule has 0 saturated heterocycles. The Morgan fingerprint density at radius 3 is 2.80 bits per heavy atom. The summed E-state index contributed by atoms with van der Waals surface area (Å²) >= 11 is 6.88. The first kappa shape index (κ1) is 18.0. The van der Waals surface area contributed by atoms with Crippen LogP contribution < -0.4 is 14.8 Å². The number of hydrogen-bond acceptors (Lipinski definition) is 6. The van der Waals surface area contributed by atoms with Gasteiger partial charge in [0.2, 0.25) is 12.7 Å². The van der Waals surface area contributed by atoms with Crippen molar-refractivity contribution in [2.75, 3.05) is 19.2 Å². The Balaban J connectivity index is 1.90. The molecule has 0 spiro atoms. The van der Waals surface area contributed by atoms with Crippen LogP contribution in [0.25, 0.3) is 0 Å². The Morgan fingerprint density at radius 2 is 2.08 bits per heavy atom. The second-order valence-electron chi connectivity index (χ2n) is 5.31. The summed E-state index contributed by atoms with van der Waals surface area (Å²) in [4.78, 5) is 12.5. The lowest BCUT2D eigenvalue weighted by molar-refractivity contribution is -0.120. The highest BCUT2D eigenvalue weighted by atomic mass is 35.5. The monoisotopic (exact) mass is 401 g/mol. The number of fused-ring (bicyclic) bond motifs is 1. The number of nitrogens with one attached hydrogen (secondary N) is 1. The smallest absolute Gasteiger partial charge is 0.231 e. The summed E-state index contributed by atoms with van der Waals surface area (Å²) in [6, 6.07) is 8.05. The molecule has 1 aromatic heterocycles. The molecule has 1 N–H and O–H groups in total. The number of carbonyl (C=O) groups excluding carboxylic acids is 1. The number of benzene rings is 1. The average molecular weight is 402 g/mol. The molecule has 0 radical (unpaired) electrons. The van der Waals surface area contributed by atoms with Gasteiger partial charge in [-0.3, -0.25) is 4.79 Å². The average Bonchev–Trinajstić information content (AvgIpc) is 3.26. The summed E-state index contributed by atoms with van der Waals surface area (Å²) in [6.45, 7) is 0.0503. The molecule has 2 aromatic rings. The van der Waals surface area contributed by atoms with Crippen molar-refractivity contribution >= 4 is 38.7 Å². The van der Waals surface area contributed by atoms with Crippen molar-refractivity contribution in [2.45, 2.75) is 16.6 Å². The molecule has 0 bridgehead atoms. The molecule has 134 valence electrons. The van der Waals surface area contributed by atoms with Crippen LogP contribution in [0.15, 0.2) is 40.6 Å². The number of halogens is 1. The van der Waals surface area contributed by atoms with Crippen LogP contribution in [0.1, 0.15) is 16.5 Å². The minimum atomic E-state index is -3.73. The highest BCUT2D eigenvalue weighted by Gasteiger charge is 2.31. The highest BCUT2D eigenvalue weighted by Crippen LogP contribution is 2.38. The molecule has 1 atom stereocenters. The molecule has 9 heteroatoms. The molecular weight excluding hydrogens is 386 g/mol. The first-order chi connectivity index (χ1) is 12.0. The molecule has 0 saturated carbocycles. The van der Waals surface area contributed by atoms with Gasteiger partial charge in [0.15, 0.2) is 21.3 Å². The highest BCUT2D eigenvalue weighted by molar-refractivity contribution is 7.91. The van der Waals surface area contributed by atoms with Gasteiger partial charge in [0.05, 0.1) is 4.90 Å². The number of hydrogen-bond donors (Lipinski definition) is 1. The van der Waals surface area contributed by atoms with Crippen molar-refractivity contribution in [2.24, 2.45) is 0 Å². The molecule has 1 aliphatic heterocycles. The van der Waals surface area contributed by atoms with Crippen LogP contribution in [0.4, 0.5) is 0 Å². The van der Waals surface area contributed by atoms with Gasteiger partial charge >= 0.3 is 0 Å². The summed E-state index contributed by atoms with van der Waals surface area (Å²) in [6.07, 6.45) is 0.142. The third-order valence-electron chi connectivity index (χ3n) is 3.71. The van der Waals surface area contributed by atoms with E-state index >= 15 is 0 Å². The Hall–Kier alpha value is -1.77. The zero-order valence-electron chi connectivity index (χ0n) is 13.1. The first-order valence-electron chi connectivity index (χ1n) is 7.52. The van der Waals surface area contributed by atoms with Crippen LogP contribution in [0.5, 0.6) is 11.5 Å². The summed E-state index contributed by atoms with van der Waals surface area (Å²) in [7, 11) is -3.73. The lowest BCUT2D eigenvalue weighted by atomic mass is 10.3. The normalized spacial score (nSPS) is 14.3. The van der Waals surface area contributed by atoms with E-state index < -0.39 is 15.1 Å². The number of ether oxygens (including phenoxy) is 2. The van der Waals surface area contributed by atoms with Crippen molar-refractivity contribution in [1.82, 2.24) is 5.32 Å². The predicted octanol–water partition coefficient (Wildman–Crippen LogP) is 2.74. The van der Waals surface area contributed by atoms with Crippen molar-refractivity contribution in [3.8, 4) is 11.5 Å². The zero-order valence-corrected chi connectivity index (χ0v) is 15.5. The molecule has 1 amide bonds. The van der Waals surface area contributed by atoms with Gasteiger partial charge in [-0.25, -0.2) is 8.42 Å². The van der Waals surface area contributed by atoms with Gasteiger partial charge in [-0.15, -0.1) is 22.9 Å². The molecule has 3 rings (SSSR count). The lowest BCUT2D eigenvalue weighted by Gasteiger charge is -2.17. The molecule has 0 aliphatic carbocycles. The second-order valence-corrected chi connectivity index (χ2v) is 8.79. The third-order valence-corrected chi connectivity index (χ3v) is 7.12. The molecular formula is C16H16ClNO5S2. The van der Waals surface area contributed by atoms with Crippen molar-refractivity contribution < 1.29 is 22.7 Å². The summed E-state index contributed by atoms with van der Waals surface area (Å²) in [5.74, 6) is 0.821. The fraction of sp³-hybridized carbons (Fsp3) is 0.312. The molecule has 0 unspecified atom stereocenters. The quantitative estimate of drug-likeness (QED) is 0.721. The fourth-order valence-corrected chi connectivity index (χ4v) is 5.41. The second kappa shape index (κ2) is 7.63. The van der Waals surface area contributed by atoms with Gasteiger partial charge in [-0.1, -0.05) is 6.07 Å². The van der Waals surface area contributed by atoms with Gasteiger partial charge in [-0.05, 0) is 23.6 Å². The van der Waals surface area contributed by atoms with E-state index in [-0.39, 0.29) is 36.4 Å².